The highest BCUT2D eigenvalue weighted by Gasteiger charge is 2.30. The Kier molecular flexibility index (Phi) is 6.70. The Labute approximate surface area is 149 Å². The first-order valence-corrected chi connectivity index (χ1v) is 8.51. The van der Waals surface area contributed by atoms with Gasteiger partial charge in [0.25, 0.3) is 5.91 Å². The van der Waals surface area contributed by atoms with E-state index in [1.165, 1.54) is 4.90 Å². The highest BCUT2D eigenvalue weighted by Crippen LogP contribution is 2.23. The van der Waals surface area contributed by atoms with Crippen LogP contribution in [-0.4, -0.2) is 42.5 Å². The van der Waals surface area contributed by atoms with Crippen LogP contribution in [0.2, 0.25) is 5.02 Å². The number of hydrogen-bond donors (Lipinski definition) is 1. The predicted octanol–water partition coefficient (Wildman–Crippen LogP) is 3.65. The number of carbonyl (C=O) groups excluding carboxylic acids is 2. The van der Waals surface area contributed by atoms with Gasteiger partial charge >= 0.3 is 6.18 Å². The number of amides is 2. The Morgan fingerprint density at radius 3 is 2.68 bits per heavy atom. The molecular formula is C17H20ClF3N2O2. The minimum atomic E-state index is -4.33. The van der Waals surface area contributed by atoms with Gasteiger partial charge in [-0.3, -0.25) is 9.59 Å². The molecule has 2 amide bonds. The number of piperidine rings is 1. The molecule has 0 spiro atoms. The average molecular weight is 377 g/mol. The number of nitrogens with one attached hydrogen (secondary N) is 1. The van der Waals surface area contributed by atoms with Crippen LogP contribution in [0, 0.1) is 5.92 Å². The molecule has 8 heteroatoms. The Morgan fingerprint density at radius 2 is 2.00 bits per heavy atom. The maximum absolute atomic E-state index is 12.2. The highest BCUT2D eigenvalue weighted by molar-refractivity contribution is 6.33. The number of benzene rings is 1. The summed E-state index contributed by atoms with van der Waals surface area (Å²) in [6.45, 7) is 1.18. The van der Waals surface area contributed by atoms with Gasteiger partial charge < -0.3 is 10.2 Å². The zero-order chi connectivity index (χ0) is 18.4. The first-order chi connectivity index (χ1) is 11.8. The fraction of sp³-hybridized carbons (Fsp3) is 0.529. The van der Waals surface area contributed by atoms with Gasteiger partial charge in [-0.2, -0.15) is 13.2 Å². The third kappa shape index (κ3) is 6.23. The van der Waals surface area contributed by atoms with E-state index in [1.807, 2.05) is 0 Å². The van der Waals surface area contributed by atoms with E-state index in [2.05, 4.69) is 5.32 Å². The SMILES string of the molecule is O=C(NCC1CCCN(C(=O)CCC(F)(F)F)C1)c1ccccc1Cl. The average Bonchev–Trinajstić information content (AvgIpc) is 2.57. The van der Waals surface area contributed by atoms with Crippen molar-refractivity contribution in [3.63, 3.8) is 0 Å². The van der Waals surface area contributed by atoms with E-state index in [1.54, 1.807) is 24.3 Å². The standard InChI is InChI=1S/C17H20ClF3N2O2/c18-14-6-2-1-5-13(14)16(25)22-10-12-4-3-9-23(11-12)15(24)7-8-17(19,20)21/h1-2,5-6,12H,3-4,7-11H2,(H,22,25). The summed E-state index contributed by atoms with van der Waals surface area (Å²) in [5.74, 6) is -0.763. The predicted molar refractivity (Wildman–Crippen MR) is 88.4 cm³/mol. The van der Waals surface area contributed by atoms with E-state index < -0.39 is 24.9 Å². The molecule has 1 fully saturated rings. The second kappa shape index (κ2) is 8.56. The van der Waals surface area contributed by atoms with E-state index in [9.17, 15) is 22.8 Å². The molecule has 0 bridgehead atoms. The van der Waals surface area contributed by atoms with Crippen molar-refractivity contribution in [2.45, 2.75) is 31.9 Å². The Balaban J connectivity index is 1.82. The Bertz CT molecular complexity index is 622. The smallest absolute Gasteiger partial charge is 0.352 e. The summed E-state index contributed by atoms with van der Waals surface area (Å²) < 4.78 is 36.7. The molecule has 1 aromatic rings. The van der Waals surface area contributed by atoms with E-state index in [-0.39, 0.29) is 11.8 Å². The van der Waals surface area contributed by atoms with E-state index in [4.69, 9.17) is 11.6 Å². The summed E-state index contributed by atoms with van der Waals surface area (Å²) in [7, 11) is 0. The summed E-state index contributed by atoms with van der Waals surface area (Å²) >= 11 is 5.97. The molecule has 1 aliphatic heterocycles. The molecule has 1 aromatic carbocycles. The van der Waals surface area contributed by atoms with Crippen molar-refractivity contribution in [2.24, 2.45) is 5.92 Å². The highest BCUT2D eigenvalue weighted by atomic mass is 35.5. The number of likely N-dealkylation sites (tertiary alicyclic amines) is 1. The topological polar surface area (TPSA) is 49.4 Å². The van der Waals surface area contributed by atoms with Crippen LogP contribution in [0.4, 0.5) is 13.2 Å². The number of alkyl halides is 3. The zero-order valence-electron chi connectivity index (χ0n) is 13.6. The Morgan fingerprint density at radius 1 is 1.28 bits per heavy atom. The maximum atomic E-state index is 12.2. The lowest BCUT2D eigenvalue weighted by Gasteiger charge is -2.33. The number of rotatable bonds is 5. The molecule has 1 heterocycles. The lowest BCUT2D eigenvalue weighted by Crippen LogP contribution is -2.44. The fourth-order valence-electron chi connectivity index (χ4n) is 2.84. The molecule has 1 atom stereocenters. The normalized spacial score (nSPS) is 18.1. The van der Waals surface area contributed by atoms with Crippen LogP contribution in [0.25, 0.3) is 0 Å². The van der Waals surface area contributed by atoms with Gasteiger partial charge in [0, 0.05) is 26.1 Å². The van der Waals surface area contributed by atoms with Crippen LogP contribution < -0.4 is 5.32 Å². The molecule has 1 unspecified atom stereocenters. The van der Waals surface area contributed by atoms with Gasteiger partial charge in [-0.25, -0.2) is 0 Å². The number of halogens is 4. The zero-order valence-corrected chi connectivity index (χ0v) is 14.4. The van der Waals surface area contributed by atoms with Crippen LogP contribution >= 0.6 is 11.6 Å². The minimum absolute atomic E-state index is 0.0232. The van der Waals surface area contributed by atoms with E-state index >= 15 is 0 Å². The minimum Gasteiger partial charge on any atom is -0.352 e. The molecule has 1 aliphatic rings. The van der Waals surface area contributed by atoms with Gasteiger partial charge in [0.05, 0.1) is 17.0 Å². The van der Waals surface area contributed by atoms with Crippen molar-refractivity contribution in [3.8, 4) is 0 Å². The molecule has 1 saturated heterocycles. The van der Waals surface area contributed by atoms with Crippen molar-refractivity contribution in [2.75, 3.05) is 19.6 Å². The van der Waals surface area contributed by atoms with Gasteiger partial charge in [-0.1, -0.05) is 23.7 Å². The van der Waals surface area contributed by atoms with Gasteiger partial charge in [0.15, 0.2) is 0 Å². The van der Waals surface area contributed by atoms with E-state index in [0.717, 1.165) is 6.42 Å². The lowest BCUT2D eigenvalue weighted by molar-refractivity contribution is -0.150. The summed E-state index contributed by atoms with van der Waals surface area (Å²) in [5, 5.41) is 3.14. The van der Waals surface area contributed by atoms with Gasteiger partial charge in [-0.15, -0.1) is 0 Å². The molecule has 2 rings (SSSR count). The number of hydrogen-bond acceptors (Lipinski definition) is 2. The van der Waals surface area contributed by atoms with E-state index in [0.29, 0.717) is 36.6 Å². The molecule has 0 aliphatic carbocycles. The first-order valence-electron chi connectivity index (χ1n) is 8.13. The fourth-order valence-corrected chi connectivity index (χ4v) is 3.06. The number of nitrogens with zero attached hydrogens (tertiary/aromatic N) is 1. The number of carbonyl (C=O) groups is 2. The molecule has 1 N–H and O–H groups in total. The second-order valence-corrected chi connectivity index (χ2v) is 6.56. The van der Waals surface area contributed by atoms with Gasteiger partial charge in [-0.05, 0) is 30.9 Å². The maximum Gasteiger partial charge on any atom is 0.389 e. The lowest BCUT2D eigenvalue weighted by atomic mass is 9.97. The summed E-state index contributed by atoms with van der Waals surface area (Å²) in [6, 6.07) is 6.68. The monoisotopic (exact) mass is 376 g/mol. The molecule has 4 nitrogen and oxygen atoms in total. The third-order valence-corrected chi connectivity index (χ3v) is 4.49. The van der Waals surface area contributed by atoms with Crippen LogP contribution in [0.15, 0.2) is 24.3 Å². The second-order valence-electron chi connectivity index (χ2n) is 6.15. The largest absolute Gasteiger partial charge is 0.389 e. The summed E-state index contributed by atoms with van der Waals surface area (Å²) in [5.41, 5.74) is 0.373. The quantitative estimate of drug-likeness (QED) is 0.852. The molecule has 0 saturated carbocycles. The van der Waals surface area contributed by atoms with Crippen molar-refractivity contribution < 1.29 is 22.8 Å². The summed E-state index contributed by atoms with van der Waals surface area (Å²) in [4.78, 5) is 25.5. The first kappa shape index (κ1) is 19.6. The molecule has 25 heavy (non-hydrogen) atoms. The van der Waals surface area contributed by atoms with Crippen LogP contribution in [0.1, 0.15) is 36.0 Å². The van der Waals surface area contributed by atoms with Crippen molar-refractivity contribution in [3.05, 3.63) is 34.9 Å². The molecule has 0 aromatic heterocycles. The molecule has 138 valence electrons. The van der Waals surface area contributed by atoms with Crippen LogP contribution in [-0.2, 0) is 4.79 Å². The summed E-state index contributed by atoms with van der Waals surface area (Å²) in [6.07, 6.45) is -4.43. The van der Waals surface area contributed by atoms with Crippen molar-refractivity contribution in [1.29, 1.82) is 0 Å². The van der Waals surface area contributed by atoms with Crippen LogP contribution in [0.3, 0.4) is 0 Å². The molecule has 0 radical (unpaired) electrons. The van der Waals surface area contributed by atoms with Gasteiger partial charge in [0.1, 0.15) is 0 Å². The molecular weight excluding hydrogens is 357 g/mol. The third-order valence-electron chi connectivity index (χ3n) is 4.16. The van der Waals surface area contributed by atoms with Crippen LogP contribution in [0.5, 0.6) is 0 Å². The Hall–Kier alpha value is -1.76. The van der Waals surface area contributed by atoms with Crippen molar-refractivity contribution in [1.82, 2.24) is 10.2 Å². The van der Waals surface area contributed by atoms with Crippen molar-refractivity contribution >= 4 is 23.4 Å². The van der Waals surface area contributed by atoms with Gasteiger partial charge in [0.2, 0.25) is 5.91 Å².